The van der Waals surface area contributed by atoms with E-state index >= 15 is 0 Å². The van der Waals surface area contributed by atoms with Crippen LogP contribution in [0.5, 0.6) is 0 Å². The van der Waals surface area contributed by atoms with Crippen molar-refractivity contribution in [2.75, 3.05) is 32.7 Å². The SMILES string of the molecule is CC(CNC(=O)[C@H]1CCCNC1)N1CCCC1. The van der Waals surface area contributed by atoms with Gasteiger partial charge < -0.3 is 10.6 Å². The van der Waals surface area contributed by atoms with Crippen LogP contribution < -0.4 is 10.6 Å². The van der Waals surface area contributed by atoms with Gasteiger partial charge in [-0.25, -0.2) is 0 Å². The largest absolute Gasteiger partial charge is 0.354 e. The molecule has 2 N–H and O–H groups in total. The van der Waals surface area contributed by atoms with Crippen LogP contribution in [-0.4, -0.2) is 49.6 Å². The highest BCUT2D eigenvalue weighted by Gasteiger charge is 2.22. The van der Waals surface area contributed by atoms with Crippen molar-refractivity contribution < 1.29 is 4.79 Å². The molecule has 2 aliphatic rings. The summed E-state index contributed by atoms with van der Waals surface area (Å²) in [6.45, 7) is 7.32. The Hall–Kier alpha value is -0.610. The van der Waals surface area contributed by atoms with E-state index in [2.05, 4.69) is 22.5 Å². The summed E-state index contributed by atoms with van der Waals surface area (Å²) in [4.78, 5) is 14.4. The second-order valence-corrected chi connectivity index (χ2v) is 5.38. The first-order valence-electron chi connectivity index (χ1n) is 7.00. The zero-order chi connectivity index (χ0) is 12.1. The third kappa shape index (κ3) is 3.68. The quantitative estimate of drug-likeness (QED) is 0.754. The Morgan fingerprint density at radius 2 is 2.18 bits per heavy atom. The third-order valence-electron chi connectivity index (χ3n) is 4.00. The molecule has 98 valence electrons. The summed E-state index contributed by atoms with van der Waals surface area (Å²) < 4.78 is 0. The first-order valence-corrected chi connectivity index (χ1v) is 7.00. The molecule has 0 saturated carbocycles. The predicted molar refractivity (Wildman–Crippen MR) is 68.9 cm³/mol. The molecular formula is C13H25N3O. The average Bonchev–Trinajstić information content (AvgIpc) is 2.90. The van der Waals surface area contributed by atoms with Crippen molar-refractivity contribution >= 4 is 5.91 Å². The van der Waals surface area contributed by atoms with Gasteiger partial charge in [0.15, 0.2) is 0 Å². The molecule has 4 nitrogen and oxygen atoms in total. The van der Waals surface area contributed by atoms with Gasteiger partial charge in [-0.05, 0) is 52.2 Å². The third-order valence-corrected chi connectivity index (χ3v) is 4.00. The Morgan fingerprint density at radius 1 is 1.41 bits per heavy atom. The van der Waals surface area contributed by atoms with Crippen LogP contribution in [-0.2, 0) is 4.79 Å². The van der Waals surface area contributed by atoms with Crippen LogP contribution in [0.25, 0.3) is 0 Å². The van der Waals surface area contributed by atoms with E-state index in [4.69, 9.17) is 0 Å². The number of likely N-dealkylation sites (tertiary alicyclic amines) is 1. The van der Waals surface area contributed by atoms with Gasteiger partial charge in [0.25, 0.3) is 0 Å². The number of nitrogens with one attached hydrogen (secondary N) is 2. The Bertz CT molecular complexity index is 245. The molecule has 2 heterocycles. The monoisotopic (exact) mass is 239 g/mol. The van der Waals surface area contributed by atoms with E-state index in [1.807, 2.05) is 0 Å². The summed E-state index contributed by atoms with van der Waals surface area (Å²) in [5, 5.41) is 6.40. The van der Waals surface area contributed by atoms with Crippen LogP contribution >= 0.6 is 0 Å². The van der Waals surface area contributed by atoms with Gasteiger partial charge in [-0.1, -0.05) is 0 Å². The number of hydrogen-bond donors (Lipinski definition) is 2. The fourth-order valence-corrected chi connectivity index (χ4v) is 2.78. The summed E-state index contributed by atoms with van der Waals surface area (Å²) in [7, 11) is 0. The van der Waals surface area contributed by atoms with Crippen molar-refractivity contribution in [1.82, 2.24) is 15.5 Å². The molecule has 0 aromatic heterocycles. The molecule has 0 aliphatic carbocycles. The standard InChI is InChI=1S/C13H25N3O/c1-11(16-7-2-3-8-16)9-15-13(17)12-5-4-6-14-10-12/h11-12,14H,2-10H2,1H3,(H,15,17)/t11?,12-/m0/s1. The molecule has 2 rings (SSSR count). The molecule has 0 spiro atoms. The molecule has 0 bridgehead atoms. The topological polar surface area (TPSA) is 44.4 Å². The number of hydrogen-bond acceptors (Lipinski definition) is 3. The lowest BCUT2D eigenvalue weighted by Gasteiger charge is -2.26. The van der Waals surface area contributed by atoms with Crippen LogP contribution in [0, 0.1) is 5.92 Å². The van der Waals surface area contributed by atoms with E-state index in [0.29, 0.717) is 6.04 Å². The fourth-order valence-electron chi connectivity index (χ4n) is 2.78. The summed E-state index contributed by atoms with van der Waals surface area (Å²) in [5.41, 5.74) is 0. The lowest BCUT2D eigenvalue weighted by Crippen LogP contribution is -2.45. The van der Waals surface area contributed by atoms with E-state index in [1.165, 1.54) is 25.9 Å². The van der Waals surface area contributed by atoms with Crippen molar-refractivity contribution in [3.8, 4) is 0 Å². The van der Waals surface area contributed by atoms with Crippen LogP contribution in [0.1, 0.15) is 32.6 Å². The average molecular weight is 239 g/mol. The normalized spacial score (nSPS) is 27.9. The number of amides is 1. The number of carbonyl (C=O) groups is 1. The van der Waals surface area contributed by atoms with Gasteiger partial charge in [0, 0.05) is 19.1 Å². The first kappa shape index (κ1) is 12.8. The molecular weight excluding hydrogens is 214 g/mol. The molecule has 0 aromatic rings. The second-order valence-electron chi connectivity index (χ2n) is 5.38. The van der Waals surface area contributed by atoms with Crippen molar-refractivity contribution in [3.05, 3.63) is 0 Å². The molecule has 0 radical (unpaired) electrons. The predicted octanol–water partition coefficient (Wildman–Crippen LogP) is 0.587. The Kier molecular flexibility index (Phi) is 4.80. The highest BCUT2D eigenvalue weighted by Crippen LogP contribution is 2.12. The number of nitrogens with zero attached hydrogens (tertiary/aromatic N) is 1. The first-order chi connectivity index (χ1) is 8.27. The van der Waals surface area contributed by atoms with Gasteiger partial charge in [-0.3, -0.25) is 9.69 Å². The zero-order valence-electron chi connectivity index (χ0n) is 10.9. The molecule has 0 aromatic carbocycles. The van der Waals surface area contributed by atoms with E-state index in [0.717, 1.165) is 32.5 Å². The molecule has 17 heavy (non-hydrogen) atoms. The maximum atomic E-state index is 11.9. The van der Waals surface area contributed by atoms with Crippen molar-refractivity contribution in [2.45, 2.75) is 38.6 Å². The lowest BCUT2D eigenvalue weighted by molar-refractivity contribution is -0.125. The van der Waals surface area contributed by atoms with E-state index in [-0.39, 0.29) is 11.8 Å². The zero-order valence-corrected chi connectivity index (χ0v) is 10.9. The minimum absolute atomic E-state index is 0.189. The van der Waals surface area contributed by atoms with Gasteiger partial charge in [0.2, 0.25) is 5.91 Å². The second kappa shape index (κ2) is 6.36. The Morgan fingerprint density at radius 3 is 2.82 bits per heavy atom. The molecule has 2 saturated heterocycles. The molecule has 1 amide bonds. The maximum absolute atomic E-state index is 11.9. The lowest BCUT2D eigenvalue weighted by atomic mass is 9.99. The Balaban J connectivity index is 1.67. The van der Waals surface area contributed by atoms with E-state index in [9.17, 15) is 4.79 Å². The smallest absolute Gasteiger partial charge is 0.224 e. The van der Waals surface area contributed by atoms with Gasteiger partial charge in [0.05, 0.1) is 5.92 Å². The van der Waals surface area contributed by atoms with Gasteiger partial charge in [-0.15, -0.1) is 0 Å². The summed E-state index contributed by atoms with van der Waals surface area (Å²) in [6.07, 6.45) is 4.78. The van der Waals surface area contributed by atoms with Crippen LogP contribution in [0.3, 0.4) is 0 Å². The minimum atomic E-state index is 0.189. The molecule has 2 fully saturated rings. The number of carbonyl (C=O) groups excluding carboxylic acids is 1. The maximum Gasteiger partial charge on any atom is 0.224 e. The highest BCUT2D eigenvalue weighted by molar-refractivity contribution is 5.79. The van der Waals surface area contributed by atoms with Crippen molar-refractivity contribution in [1.29, 1.82) is 0 Å². The molecule has 2 aliphatic heterocycles. The molecule has 1 unspecified atom stereocenters. The van der Waals surface area contributed by atoms with Gasteiger partial charge in [0.1, 0.15) is 0 Å². The van der Waals surface area contributed by atoms with Crippen LogP contribution in [0.15, 0.2) is 0 Å². The molecule has 2 atom stereocenters. The van der Waals surface area contributed by atoms with Crippen LogP contribution in [0.4, 0.5) is 0 Å². The number of rotatable bonds is 4. The number of piperidine rings is 1. The summed E-state index contributed by atoms with van der Waals surface area (Å²) in [6, 6.07) is 0.484. The molecule has 4 heteroatoms. The van der Waals surface area contributed by atoms with Gasteiger partial charge in [-0.2, -0.15) is 0 Å². The van der Waals surface area contributed by atoms with E-state index < -0.39 is 0 Å². The Labute approximate surface area is 104 Å². The fraction of sp³-hybridized carbons (Fsp3) is 0.923. The van der Waals surface area contributed by atoms with Crippen LogP contribution in [0.2, 0.25) is 0 Å². The minimum Gasteiger partial charge on any atom is -0.354 e. The van der Waals surface area contributed by atoms with Gasteiger partial charge >= 0.3 is 0 Å². The summed E-state index contributed by atoms with van der Waals surface area (Å²) in [5.74, 6) is 0.428. The highest BCUT2D eigenvalue weighted by atomic mass is 16.1. The summed E-state index contributed by atoms with van der Waals surface area (Å²) >= 11 is 0. The van der Waals surface area contributed by atoms with Crippen molar-refractivity contribution in [3.63, 3.8) is 0 Å². The van der Waals surface area contributed by atoms with E-state index in [1.54, 1.807) is 0 Å². The van der Waals surface area contributed by atoms with Crippen molar-refractivity contribution in [2.24, 2.45) is 5.92 Å².